The molecule has 4 aromatic rings. The predicted octanol–water partition coefficient (Wildman–Crippen LogP) is 5.35. The number of hydrogen-bond donors (Lipinski definition) is 0. The van der Waals surface area contributed by atoms with Crippen LogP contribution in [0.1, 0.15) is 5.56 Å². The zero-order valence-corrected chi connectivity index (χ0v) is 13.3. The van der Waals surface area contributed by atoms with Gasteiger partial charge in [-0.15, -0.1) is 21.6 Å². The van der Waals surface area contributed by atoms with Crippen molar-refractivity contribution in [1.82, 2.24) is 9.38 Å². The molecule has 3 heterocycles. The van der Waals surface area contributed by atoms with Crippen LogP contribution in [0.2, 0.25) is 0 Å². The highest BCUT2D eigenvalue weighted by atomic mass is 32.1. The molecule has 0 aliphatic heterocycles. The van der Waals surface area contributed by atoms with Crippen LogP contribution in [0, 0.1) is 11.3 Å². The number of nitrogens with zero attached hydrogens (tertiary/aromatic N) is 5. The van der Waals surface area contributed by atoms with Gasteiger partial charge < -0.3 is 0 Å². The molecule has 1 aromatic carbocycles. The minimum absolute atomic E-state index is 0.558. The highest BCUT2D eigenvalue weighted by molar-refractivity contribution is 7.13. The molecule has 0 unspecified atom stereocenters. The second-order valence-corrected chi connectivity index (χ2v) is 6.00. The Labute approximate surface area is 142 Å². The molecule has 0 aliphatic rings. The maximum atomic E-state index is 8.99. The molecular formula is C18H11N5S. The SMILES string of the molecule is N#Cc1cccc(N=Nc2c(-c3cccs3)nc3ccccn23)c1. The van der Waals surface area contributed by atoms with Crippen LogP contribution in [-0.4, -0.2) is 9.38 Å². The fourth-order valence-corrected chi connectivity index (χ4v) is 3.11. The lowest BCUT2D eigenvalue weighted by molar-refractivity contribution is 1.11. The summed E-state index contributed by atoms with van der Waals surface area (Å²) in [4.78, 5) is 5.71. The van der Waals surface area contributed by atoms with Gasteiger partial charge in [0.2, 0.25) is 0 Å². The topological polar surface area (TPSA) is 65.8 Å². The number of rotatable bonds is 3. The van der Waals surface area contributed by atoms with Crippen LogP contribution in [-0.2, 0) is 0 Å². The predicted molar refractivity (Wildman–Crippen MR) is 93.8 cm³/mol. The third kappa shape index (κ3) is 2.57. The van der Waals surface area contributed by atoms with E-state index >= 15 is 0 Å². The molecule has 0 fully saturated rings. The quantitative estimate of drug-likeness (QED) is 0.475. The van der Waals surface area contributed by atoms with Gasteiger partial charge >= 0.3 is 0 Å². The molecule has 5 nitrogen and oxygen atoms in total. The maximum absolute atomic E-state index is 8.99. The van der Waals surface area contributed by atoms with E-state index in [0.29, 0.717) is 17.1 Å². The second kappa shape index (κ2) is 6.07. The first-order valence-corrected chi connectivity index (χ1v) is 8.16. The van der Waals surface area contributed by atoms with E-state index in [1.807, 2.05) is 52.4 Å². The number of imidazole rings is 1. The summed E-state index contributed by atoms with van der Waals surface area (Å²) in [6.45, 7) is 0. The Bertz CT molecular complexity index is 1070. The smallest absolute Gasteiger partial charge is 0.188 e. The average Bonchev–Trinajstić information content (AvgIpc) is 3.27. The van der Waals surface area contributed by atoms with Crippen molar-refractivity contribution in [3.8, 4) is 16.6 Å². The first-order chi connectivity index (χ1) is 11.8. The molecule has 0 bridgehead atoms. The Morgan fingerprint density at radius 2 is 2.00 bits per heavy atom. The number of nitriles is 1. The monoisotopic (exact) mass is 329 g/mol. The summed E-state index contributed by atoms with van der Waals surface area (Å²) in [6, 6.07) is 19.0. The van der Waals surface area contributed by atoms with E-state index < -0.39 is 0 Å². The number of fused-ring (bicyclic) bond motifs is 1. The number of thiophene rings is 1. The molecule has 0 saturated carbocycles. The molecule has 24 heavy (non-hydrogen) atoms. The second-order valence-electron chi connectivity index (χ2n) is 5.05. The van der Waals surface area contributed by atoms with E-state index in [4.69, 9.17) is 5.26 Å². The van der Waals surface area contributed by atoms with Crippen LogP contribution in [0.15, 0.2) is 76.4 Å². The molecule has 0 amide bonds. The molecule has 4 rings (SSSR count). The van der Waals surface area contributed by atoms with Crippen molar-refractivity contribution in [2.45, 2.75) is 0 Å². The van der Waals surface area contributed by atoms with E-state index in [1.54, 1.807) is 29.5 Å². The molecule has 114 valence electrons. The molecule has 3 aromatic heterocycles. The summed E-state index contributed by atoms with van der Waals surface area (Å²) in [5.74, 6) is 0.676. The number of azo groups is 1. The van der Waals surface area contributed by atoms with Crippen molar-refractivity contribution >= 4 is 28.5 Å². The third-order valence-electron chi connectivity index (χ3n) is 3.49. The Morgan fingerprint density at radius 1 is 1.04 bits per heavy atom. The van der Waals surface area contributed by atoms with Gasteiger partial charge in [-0.25, -0.2) is 4.98 Å². The molecule has 6 heteroatoms. The Hall–Kier alpha value is -3.30. The van der Waals surface area contributed by atoms with Crippen LogP contribution < -0.4 is 0 Å². The number of aromatic nitrogens is 2. The highest BCUT2D eigenvalue weighted by Gasteiger charge is 2.14. The molecule has 0 atom stereocenters. The van der Waals surface area contributed by atoms with Crippen molar-refractivity contribution in [2.75, 3.05) is 0 Å². The van der Waals surface area contributed by atoms with E-state index in [0.717, 1.165) is 16.2 Å². The normalized spacial score (nSPS) is 11.1. The molecule has 0 radical (unpaired) electrons. The fraction of sp³-hybridized carbons (Fsp3) is 0. The van der Waals surface area contributed by atoms with Crippen molar-refractivity contribution in [3.63, 3.8) is 0 Å². The summed E-state index contributed by atoms with van der Waals surface area (Å²) in [6.07, 6.45) is 1.92. The Morgan fingerprint density at radius 3 is 2.83 bits per heavy atom. The van der Waals surface area contributed by atoms with Crippen molar-refractivity contribution in [1.29, 1.82) is 5.26 Å². The van der Waals surface area contributed by atoms with Gasteiger partial charge in [-0.2, -0.15) is 5.26 Å². The highest BCUT2D eigenvalue weighted by Crippen LogP contribution is 2.34. The zero-order valence-electron chi connectivity index (χ0n) is 12.5. The zero-order chi connectivity index (χ0) is 16.4. The molecule has 0 aliphatic carbocycles. The van der Waals surface area contributed by atoms with Gasteiger partial charge in [-0.3, -0.25) is 4.40 Å². The van der Waals surface area contributed by atoms with Gasteiger partial charge in [0.15, 0.2) is 5.82 Å². The van der Waals surface area contributed by atoms with Crippen LogP contribution >= 0.6 is 11.3 Å². The minimum atomic E-state index is 0.558. The van der Waals surface area contributed by atoms with E-state index in [1.165, 1.54) is 0 Å². The molecule has 0 N–H and O–H groups in total. The molecule has 0 spiro atoms. The lowest BCUT2D eigenvalue weighted by atomic mass is 10.2. The van der Waals surface area contributed by atoms with Gasteiger partial charge in [-0.1, -0.05) is 18.2 Å². The van der Waals surface area contributed by atoms with Gasteiger partial charge in [0.25, 0.3) is 0 Å². The van der Waals surface area contributed by atoms with Crippen LogP contribution in [0.3, 0.4) is 0 Å². The van der Waals surface area contributed by atoms with Crippen molar-refractivity contribution in [3.05, 3.63) is 71.7 Å². The first-order valence-electron chi connectivity index (χ1n) is 7.28. The van der Waals surface area contributed by atoms with Crippen LogP contribution in [0.4, 0.5) is 11.5 Å². The lowest BCUT2D eigenvalue weighted by Gasteiger charge is -1.97. The summed E-state index contributed by atoms with van der Waals surface area (Å²) < 4.78 is 1.91. The van der Waals surface area contributed by atoms with Gasteiger partial charge in [0, 0.05) is 6.20 Å². The molecular weight excluding hydrogens is 318 g/mol. The van der Waals surface area contributed by atoms with Crippen LogP contribution in [0.25, 0.3) is 16.2 Å². The van der Waals surface area contributed by atoms with Gasteiger partial charge in [-0.05, 0) is 41.8 Å². The number of pyridine rings is 1. The third-order valence-corrected chi connectivity index (χ3v) is 4.37. The van der Waals surface area contributed by atoms with Crippen molar-refractivity contribution in [2.24, 2.45) is 10.2 Å². The van der Waals surface area contributed by atoms with Gasteiger partial charge in [0.05, 0.1) is 22.2 Å². The van der Waals surface area contributed by atoms with E-state index in [2.05, 4.69) is 21.3 Å². The molecule has 0 saturated heterocycles. The van der Waals surface area contributed by atoms with E-state index in [-0.39, 0.29) is 0 Å². The van der Waals surface area contributed by atoms with Crippen molar-refractivity contribution < 1.29 is 0 Å². The average molecular weight is 329 g/mol. The lowest BCUT2D eigenvalue weighted by Crippen LogP contribution is -1.81. The standard InChI is InChI=1S/C18H11N5S/c19-12-13-5-3-6-14(11-13)21-22-18-17(15-7-4-10-24-15)20-16-8-1-2-9-23(16)18/h1-11H. The Kier molecular flexibility index (Phi) is 3.61. The van der Waals surface area contributed by atoms with E-state index in [9.17, 15) is 0 Å². The van der Waals surface area contributed by atoms with Crippen LogP contribution in [0.5, 0.6) is 0 Å². The van der Waals surface area contributed by atoms with Gasteiger partial charge in [0.1, 0.15) is 11.3 Å². The number of benzene rings is 1. The summed E-state index contributed by atoms with van der Waals surface area (Å²) >= 11 is 1.61. The number of hydrogen-bond acceptors (Lipinski definition) is 5. The summed E-state index contributed by atoms with van der Waals surface area (Å²) in [7, 11) is 0. The summed E-state index contributed by atoms with van der Waals surface area (Å²) in [5.41, 5.74) is 2.82. The maximum Gasteiger partial charge on any atom is 0.188 e. The summed E-state index contributed by atoms with van der Waals surface area (Å²) in [5, 5.41) is 19.7. The fourth-order valence-electron chi connectivity index (χ4n) is 2.40. The largest absolute Gasteiger partial charge is 0.283 e. The minimum Gasteiger partial charge on any atom is -0.283 e. The Balaban J connectivity index is 1.84. The first kappa shape index (κ1) is 14.3.